The summed E-state index contributed by atoms with van der Waals surface area (Å²) >= 11 is 0. The zero-order chi connectivity index (χ0) is 13.1. The molecular formula is C15H16N2O2. The van der Waals surface area contributed by atoms with Gasteiger partial charge in [0.2, 0.25) is 0 Å². The number of ether oxygens (including phenoxy) is 1. The lowest BCUT2D eigenvalue weighted by Crippen LogP contribution is -2.09. The van der Waals surface area contributed by atoms with Crippen LogP contribution in [0.1, 0.15) is 35.9 Å². The van der Waals surface area contributed by atoms with Crippen LogP contribution < -0.4 is 4.74 Å². The van der Waals surface area contributed by atoms with Crippen LogP contribution in [0.4, 0.5) is 0 Å². The summed E-state index contributed by atoms with van der Waals surface area (Å²) in [6.07, 6.45) is 5.95. The van der Waals surface area contributed by atoms with E-state index in [1.54, 1.807) is 18.5 Å². The minimum absolute atomic E-state index is 0.343. The fraction of sp³-hybridized carbons (Fsp3) is 0.333. The molecule has 1 aromatic heterocycles. The van der Waals surface area contributed by atoms with Gasteiger partial charge in [-0.05, 0) is 48.6 Å². The third kappa shape index (κ3) is 2.74. The molecule has 19 heavy (non-hydrogen) atoms. The molecule has 0 amide bonds. The molecule has 0 saturated heterocycles. The summed E-state index contributed by atoms with van der Waals surface area (Å²) in [4.78, 5) is 8.22. The van der Waals surface area contributed by atoms with Gasteiger partial charge < -0.3 is 9.84 Å². The largest absolute Gasteiger partial charge is 0.486 e. The lowest BCUT2D eigenvalue weighted by Gasteiger charge is -2.21. The highest BCUT2D eigenvalue weighted by Crippen LogP contribution is 2.32. The van der Waals surface area contributed by atoms with Gasteiger partial charge in [0.25, 0.3) is 0 Å². The number of fused-ring (bicyclic) bond motifs is 1. The van der Waals surface area contributed by atoms with Gasteiger partial charge in [-0.2, -0.15) is 0 Å². The average Bonchev–Trinajstić information content (AvgIpc) is 2.47. The highest BCUT2D eigenvalue weighted by Gasteiger charge is 2.18. The summed E-state index contributed by atoms with van der Waals surface area (Å²) in [5.41, 5.74) is 2.22. The first kappa shape index (κ1) is 12.1. The van der Waals surface area contributed by atoms with E-state index in [2.05, 4.69) is 9.97 Å². The summed E-state index contributed by atoms with van der Waals surface area (Å²) in [5.74, 6) is 1.41. The Morgan fingerprint density at radius 1 is 1.26 bits per heavy atom. The van der Waals surface area contributed by atoms with Gasteiger partial charge in [0.05, 0.1) is 6.10 Å². The number of aliphatic hydroxyl groups is 1. The predicted molar refractivity (Wildman–Crippen MR) is 70.7 cm³/mol. The third-order valence-corrected chi connectivity index (χ3v) is 3.39. The molecule has 2 aromatic rings. The quantitative estimate of drug-likeness (QED) is 0.916. The molecule has 0 bridgehead atoms. The number of benzene rings is 1. The number of nitrogens with zero attached hydrogens (tertiary/aromatic N) is 2. The Hall–Kier alpha value is -1.94. The first-order chi connectivity index (χ1) is 9.33. The Balaban J connectivity index is 1.74. The molecule has 98 valence electrons. The van der Waals surface area contributed by atoms with Crippen molar-refractivity contribution in [2.75, 3.05) is 0 Å². The first-order valence-corrected chi connectivity index (χ1v) is 6.52. The first-order valence-electron chi connectivity index (χ1n) is 6.52. The minimum atomic E-state index is -0.361. The topological polar surface area (TPSA) is 55.2 Å². The molecule has 0 saturated carbocycles. The van der Waals surface area contributed by atoms with Crippen molar-refractivity contribution in [2.45, 2.75) is 32.0 Å². The molecule has 0 radical (unpaired) electrons. The molecule has 0 unspecified atom stereocenters. The molecule has 1 atom stereocenters. The molecular weight excluding hydrogens is 240 g/mol. The van der Waals surface area contributed by atoms with Gasteiger partial charge in [0.1, 0.15) is 12.4 Å². The van der Waals surface area contributed by atoms with Crippen LogP contribution in [0.3, 0.4) is 0 Å². The Kier molecular flexibility index (Phi) is 3.42. The average molecular weight is 256 g/mol. The predicted octanol–water partition coefficient (Wildman–Crippen LogP) is 2.43. The molecule has 1 aromatic carbocycles. The van der Waals surface area contributed by atoms with Gasteiger partial charge in [-0.25, -0.2) is 9.97 Å². The number of aryl methyl sites for hydroxylation is 1. The Morgan fingerprint density at radius 2 is 2.11 bits per heavy atom. The van der Waals surface area contributed by atoms with Crippen molar-refractivity contribution in [3.05, 3.63) is 53.6 Å². The van der Waals surface area contributed by atoms with Crippen molar-refractivity contribution in [1.29, 1.82) is 0 Å². The van der Waals surface area contributed by atoms with Gasteiger partial charge in [0.15, 0.2) is 5.82 Å². The van der Waals surface area contributed by atoms with Crippen LogP contribution in [0.5, 0.6) is 5.75 Å². The summed E-state index contributed by atoms with van der Waals surface area (Å²) in [5, 5.41) is 9.99. The van der Waals surface area contributed by atoms with Gasteiger partial charge in [-0.1, -0.05) is 6.07 Å². The molecule has 1 aliphatic carbocycles. The number of aromatic nitrogens is 2. The van der Waals surface area contributed by atoms with E-state index in [-0.39, 0.29) is 6.10 Å². The van der Waals surface area contributed by atoms with E-state index in [1.807, 2.05) is 18.2 Å². The summed E-state index contributed by atoms with van der Waals surface area (Å²) in [6.45, 7) is 0.343. The van der Waals surface area contributed by atoms with Crippen LogP contribution in [0.25, 0.3) is 0 Å². The van der Waals surface area contributed by atoms with Gasteiger partial charge >= 0.3 is 0 Å². The molecule has 4 nitrogen and oxygen atoms in total. The van der Waals surface area contributed by atoms with E-state index in [0.29, 0.717) is 12.4 Å². The van der Waals surface area contributed by atoms with Crippen LogP contribution in [0, 0.1) is 0 Å². The standard InChI is InChI=1S/C15H16N2O2/c18-14-4-1-3-11-5-6-12(9-13(11)14)19-10-15-16-7-2-8-17-15/h2,5-9,14,18H,1,3-4,10H2/t14-/m0/s1. The molecule has 1 heterocycles. The van der Waals surface area contributed by atoms with Crippen molar-refractivity contribution >= 4 is 0 Å². The molecule has 1 N–H and O–H groups in total. The fourth-order valence-corrected chi connectivity index (χ4v) is 2.39. The minimum Gasteiger partial charge on any atom is -0.486 e. The maximum Gasteiger partial charge on any atom is 0.166 e. The third-order valence-electron chi connectivity index (χ3n) is 3.39. The van der Waals surface area contributed by atoms with Crippen molar-refractivity contribution in [2.24, 2.45) is 0 Å². The number of aliphatic hydroxyl groups excluding tert-OH is 1. The Morgan fingerprint density at radius 3 is 2.95 bits per heavy atom. The fourth-order valence-electron chi connectivity index (χ4n) is 2.39. The van der Waals surface area contributed by atoms with E-state index < -0.39 is 0 Å². The van der Waals surface area contributed by atoms with Gasteiger partial charge in [-0.15, -0.1) is 0 Å². The maximum atomic E-state index is 9.99. The van der Waals surface area contributed by atoms with Crippen LogP contribution >= 0.6 is 0 Å². The molecule has 0 spiro atoms. The van der Waals surface area contributed by atoms with Crippen molar-refractivity contribution in [3.63, 3.8) is 0 Å². The van der Waals surface area contributed by atoms with Crippen LogP contribution in [0.15, 0.2) is 36.7 Å². The normalized spacial score (nSPS) is 17.8. The zero-order valence-electron chi connectivity index (χ0n) is 10.6. The van der Waals surface area contributed by atoms with Crippen molar-refractivity contribution in [1.82, 2.24) is 9.97 Å². The number of hydrogen-bond donors (Lipinski definition) is 1. The Bertz CT molecular complexity index is 557. The van der Waals surface area contributed by atoms with Crippen molar-refractivity contribution < 1.29 is 9.84 Å². The monoisotopic (exact) mass is 256 g/mol. The SMILES string of the molecule is O[C@H]1CCCc2ccc(OCc3ncccn3)cc21. The lowest BCUT2D eigenvalue weighted by molar-refractivity contribution is 0.156. The van der Waals surface area contributed by atoms with Crippen molar-refractivity contribution in [3.8, 4) is 5.75 Å². The molecule has 3 rings (SSSR count). The second-order valence-electron chi connectivity index (χ2n) is 4.72. The van der Waals surface area contributed by atoms with Crippen LogP contribution in [0.2, 0.25) is 0 Å². The smallest absolute Gasteiger partial charge is 0.166 e. The highest BCUT2D eigenvalue weighted by atomic mass is 16.5. The molecule has 1 aliphatic rings. The highest BCUT2D eigenvalue weighted by molar-refractivity contribution is 5.38. The number of hydrogen-bond acceptors (Lipinski definition) is 4. The summed E-state index contributed by atoms with van der Waals surface area (Å²) in [6, 6.07) is 7.69. The zero-order valence-corrected chi connectivity index (χ0v) is 10.6. The maximum absolute atomic E-state index is 9.99. The van der Waals surface area contributed by atoms with Crippen LogP contribution in [-0.2, 0) is 13.0 Å². The summed E-state index contributed by atoms with van der Waals surface area (Å²) < 4.78 is 5.67. The Labute approximate surface area is 112 Å². The van der Waals surface area contributed by atoms with Gasteiger partial charge in [0, 0.05) is 12.4 Å². The van der Waals surface area contributed by atoms with Crippen LogP contribution in [-0.4, -0.2) is 15.1 Å². The molecule has 4 heteroatoms. The van der Waals surface area contributed by atoms with E-state index in [9.17, 15) is 5.11 Å². The van der Waals surface area contributed by atoms with E-state index in [0.717, 1.165) is 30.6 Å². The van der Waals surface area contributed by atoms with Gasteiger partial charge in [-0.3, -0.25) is 0 Å². The number of rotatable bonds is 3. The molecule has 0 aliphatic heterocycles. The lowest BCUT2D eigenvalue weighted by atomic mass is 9.89. The van der Waals surface area contributed by atoms with E-state index >= 15 is 0 Å². The second kappa shape index (κ2) is 5.36. The van der Waals surface area contributed by atoms with E-state index in [1.165, 1.54) is 5.56 Å². The molecule has 0 fully saturated rings. The van der Waals surface area contributed by atoms with E-state index in [4.69, 9.17) is 4.74 Å². The summed E-state index contributed by atoms with van der Waals surface area (Å²) in [7, 11) is 0. The second-order valence-corrected chi connectivity index (χ2v) is 4.72.